The lowest BCUT2D eigenvalue weighted by atomic mass is 10.1. The highest BCUT2D eigenvalue weighted by atomic mass is 79.9. The van der Waals surface area contributed by atoms with Crippen LogP contribution in [0.3, 0.4) is 0 Å². The van der Waals surface area contributed by atoms with E-state index >= 15 is 0 Å². The molecule has 0 amide bonds. The normalized spacial score (nSPS) is 10.8. The van der Waals surface area contributed by atoms with Gasteiger partial charge in [0.15, 0.2) is 0 Å². The molecule has 1 aromatic carbocycles. The van der Waals surface area contributed by atoms with Crippen LogP contribution in [-0.4, -0.2) is 5.16 Å². The summed E-state index contributed by atoms with van der Waals surface area (Å²) in [6.07, 6.45) is 0. The maximum atomic E-state index is 5.00. The fourth-order valence-corrected chi connectivity index (χ4v) is 2.01. The highest BCUT2D eigenvalue weighted by Gasteiger charge is 2.01. The summed E-state index contributed by atoms with van der Waals surface area (Å²) < 4.78 is 6.15. The molecule has 1 N–H and O–H groups in total. The number of aromatic nitrogens is 1. The largest absolute Gasteiger partial charge is 0.361 e. The predicted molar refractivity (Wildman–Crippen MR) is 70.7 cm³/mol. The first kappa shape index (κ1) is 12.3. The van der Waals surface area contributed by atoms with Crippen molar-refractivity contribution >= 4 is 15.9 Å². The monoisotopic (exact) mass is 294 g/mol. The van der Waals surface area contributed by atoms with E-state index in [0.717, 1.165) is 29.0 Å². The molecular formula is C13H15BrN2O. The fourth-order valence-electron chi connectivity index (χ4n) is 1.58. The number of benzene rings is 1. The Morgan fingerprint density at radius 1 is 1.24 bits per heavy atom. The molecule has 0 aliphatic heterocycles. The summed E-state index contributed by atoms with van der Waals surface area (Å²) in [7, 11) is 0. The van der Waals surface area contributed by atoms with Crippen LogP contribution in [0.2, 0.25) is 0 Å². The van der Waals surface area contributed by atoms with Gasteiger partial charge in [-0.05, 0) is 31.0 Å². The Labute approximate surface area is 109 Å². The first-order valence-electron chi connectivity index (χ1n) is 5.53. The van der Waals surface area contributed by atoms with Crippen molar-refractivity contribution in [1.82, 2.24) is 10.5 Å². The SMILES string of the molecule is Cc1cc(CNCc2ccc(C)c(Br)c2)no1. The minimum Gasteiger partial charge on any atom is -0.361 e. The van der Waals surface area contributed by atoms with Crippen molar-refractivity contribution in [1.29, 1.82) is 0 Å². The smallest absolute Gasteiger partial charge is 0.133 e. The van der Waals surface area contributed by atoms with Gasteiger partial charge in [0.1, 0.15) is 5.76 Å². The van der Waals surface area contributed by atoms with Gasteiger partial charge in [0.05, 0.1) is 5.69 Å². The van der Waals surface area contributed by atoms with Crippen molar-refractivity contribution in [2.45, 2.75) is 26.9 Å². The molecule has 0 aliphatic rings. The summed E-state index contributed by atoms with van der Waals surface area (Å²) in [5.41, 5.74) is 3.44. The molecule has 0 bridgehead atoms. The van der Waals surface area contributed by atoms with Crippen LogP contribution in [0.25, 0.3) is 0 Å². The Morgan fingerprint density at radius 2 is 2.06 bits per heavy atom. The lowest BCUT2D eigenvalue weighted by molar-refractivity contribution is 0.388. The number of hydrogen-bond acceptors (Lipinski definition) is 3. The molecule has 2 aromatic rings. The third-order valence-corrected chi connectivity index (χ3v) is 3.40. The second kappa shape index (κ2) is 5.47. The van der Waals surface area contributed by atoms with Gasteiger partial charge in [0, 0.05) is 23.6 Å². The van der Waals surface area contributed by atoms with Gasteiger partial charge < -0.3 is 9.84 Å². The van der Waals surface area contributed by atoms with Crippen molar-refractivity contribution in [2.24, 2.45) is 0 Å². The molecule has 0 atom stereocenters. The number of nitrogens with zero attached hydrogens (tertiary/aromatic N) is 1. The molecule has 0 fully saturated rings. The van der Waals surface area contributed by atoms with Crippen molar-refractivity contribution in [3.05, 3.63) is 51.3 Å². The highest BCUT2D eigenvalue weighted by Crippen LogP contribution is 2.17. The Balaban J connectivity index is 1.87. The number of rotatable bonds is 4. The summed E-state index contributed by atoms with van der Waals surface area (Å²) in [5, 5.41) is 7.27. The topological polar surface area (TPSA) is 38.1 Å². The molecule has 3 nitrogen and oxygen atoms in total. The second-order valence-corrected chi connectivity index (χ2v) is 4.97. The second-order valence-electron chi connectivity index (χ2n) is 4.12. The molecule has 1 aromatic heterocycles. The molecule has 0 aliphatic carbocycles. The van der Waals surface area contributed by atoms with Crippen LogP contribution in [-0.2, 0) is 13.1 Å². The van der Waals surface area contributed by atoms with Crippen LogP contribution in [0.5, 0.6) is 0 Å². The molecule has 90 valence electrons. The average Bonchev–Trinajstić information content (AvgIpc) is 2.70. The molecule has 0 spiro atoms. The molecule has 1 heterocycles. The van der Waals surface area contributed by atoms with Crippen LogP contribution in [0.15, 0.2) is 33.3 Å². The third kappa shape index (κ3) is 3.41. The first-order valence-corrected chi connectivity index (χ1v) is 6.32. The van der Waals surface area contributed by atoms with E-state index in [-0.39, 0.29) is 0 Å². The minimum absolute atomic E-state index is 0.725. The van der Waals surface area contributed by atoms with Crippen molar-refractivity contribution in [2.75, 3.05) is 0 Å². The highest BCUT2D eigenvalue weighted by molar-refractivity contribution is 9.10. The van der Waals surface area contributed by atoms with Crippen LogP contribution in [0.4, 0.5) is 0 Å². The van der Waals surface area contributed by atoms with E-state index in [1.807, 2.05) is 13.0 Å². The average molecular weight is 295 g/mol. The van der Waals surface area contributed by atoms with Crippen molar-refractivity contribution < 1.29 is 4.52 Å². The molecule has 4 heteroatoms. The Kier molecular flexibility index (Phi) is 3.97. The van der Waals surface area contributed by atoms with Gasteiger partial charge in [-0.25, -0.2) is 0 Å². The molecule has 0 saturated heterocycles. The zero-order valence-corrected chi connectivity index (χ0v) is 11.5. The summed E-state index contributed by atoms with van der Waals surface area (Å²) in [6.45, 7) is 5.53. The van der Waals surface area contributed by atoms with Crippen LogP contribution in [0, 0.1) is 13.8 Å². The molecule has 2 rings (SSSR count). The van der Waals surface area contributed by atoms with Gasteiger partial charge in [0.25, 0.3) is 0 Å². The van der Waals surface area contributed by atoms with E-state index < -0.39 is 0 Å². The zero-order valence-electron chi connectivity index (χ0n) is 9.96. The first-order chi connectivity index (χ1) is 8.15. The zero-order chi connectivity index (χ0) is 12.3. The van der Waals surface area contributed by atoms with E-state index in [4.69, 9.17) is 4.52 Å². The summed E-state index contributed by atoms with van der Waals surface area (Å²) in [4.78, 5) is 0. The Morgan fingerprint density at radius 3 is 2.71 bits per heavy atom. The maximum Gasteiger partial charge on any atom is 0.133 e. The van der Waals surface area contributed by atoms with Gasteiger partial charge in [-0.1, -0.05) is 33.2 Å². The molecule has 0 radical (unpaired) electrons. The van der Waals surface area contributed by atoms with E-state index in [0.29, 0.717) is 0 Å². The Bertz CT molecular complexity index is 508. The van der Waals surface area contributed by atoms with E-state index in [9.17, 15) is 0 Å². The number of halogens is 1. The summed E-state index contributed by atoms with van der Waals surface area (Å²) >= 11 is 3.53. The molecule has 17 heavy (non-hydrogen) atoms. The minimum atomic E-state index is 0.725. The fraction of sp³-hybridized carbons (Fsp3) is 0.308. The Hall–Kier alpha value is -1.13. The number of nitrogens with one attached hydrogen (secondary N) is 1. The van der Waals surface area contributed by atoms with Crippen LogP contribution in [0.1, 0.15) is 22.6 Å². The van der Waals surface area contributed by atoms with E-state index in [1.165, 1.54) is 11.1 Å². The van der Waals surface area contributed by atoms with Gasteiger partial charge >= 0.3 is 0 Å². The van der Waals surface area contributed by atoms with E-state index in [1.54, 1.807) is 0 Å². The molecular weight excluding hydrogens is 280 g/mol. The van der Waals surface area contributed by atoms with E-state index in [2.05, 4.69) is 51.5 Å². The van der Waals surface area contributed by atoms with Crippen LogP contribution >= 0.6 is 15.9 Å². The lowest BCUT2D eigenvalue weighted by Gasteiger charge is -2.05. The number of aryl methyl sites for hydroxylation is 2. The third-order valence-electron chi connectivity index (χ3n) is 2.55. The summed E-state index contributed by atoms with van der Waals surface area (Å²) in [5.74, 6) is 0.847. The molecule has 0 saturated carbocycles. The lowest BCUT2D eigenvalue weighted by Crippen LogP contribution is -2.12. The van der Waals surface area contributed by atoms with Gasteiger partial charge in [0.2, 0.25) is 0 Å². The van der Waals surface area contributed by atoms with Crippen molar-refractivity contribution in [3.8, 4) is 0 Å². The van der Waals surface area contributed by atoms with Crippen LogP contribution < -0.4 is 5.32 Å². The van der Waals surface area contributed by atoms with Gasteiger partial charge in [-0.2, -0.15) is 0 Å². The molecule has 0 unspecified atom stereocenters. The predicted octanol–water partition coefficient (Wildman–Crippen LogP) is 3.34. The van der Waals surface area contributed by atoms with Gasteiger partial charge in [-0.3, -0.25) is 0 Å². The standard InChI is InChI=1S/C13H15BrN2O/c1-9-3-4-11(6-13(9)14)7-15-8-12-5-10(2)17-16-12/h3-6,15H,7-8H2,1-2H3. The summed E-state index contributed by atoms with van der Waals surface area (Å²) in [6, 6.07) is 8.32. The van der Waals surface area contributed by atoms with Gasteiger partial charge in [-0.15, -0.1) is 0 Å². The van der Waals surface area contributed by atoms with Crippen molar-refractivity contribution in [3.63, 3.8) is 0 Å². The quantitative estimate of drug-likeness (QED) is 0.940. The maximum absolute atomic E-state index is 5.00. The number of hydrogen-bond donors (Lipinski definition) is 1.